The van der Waals surface area contributed by atoms with Crippen molar-refractivity contribution in [3.63, 3.8) is 0 Å². The quantitative estimate of drug-likeness (QED) is 0.828. The minimum atomic E-state index is -1.67. The summed E-state index contributed by atoms with van der Waals surface area (Å²) in [4.78, 5) is 23.7. The summed E-state index contributed by atoms with van der Waals surface area (Å²) in [5.74, 6) is -5.13. The molecule has 0 radical (unpaired) electrons. The molecule has 0 aromatic heterocycles. The summed E-state index contributed by atoms with van der Waals surface area (Å²) in [7, 11) is 0. The van der Waals surface area contributed by atoms with Gasteiger partial charge in [-0.2, -0.15) is 0 Å². The molecule has 1 aliphatic heterocycles. The second-order valence-electron chi connectivity index (χ2n) is 5.03. The van der Waals surface area contributed by atoms with Crippen molar-refractivity contribution in [2.75, 3.05) is 17.2 Å². The number of carbonyl (C=O) groups is 2. The van der Waals surface area contributed by atoms with Crippen LogP contribution in [0.5, 0.6) is 5.75 Å². The zero-order chi connectivity index (χ0) is 17.3. The van der Waals surface area contributed by atoms with Gasteiger partial charge in [-0.1, -0.05) is 0 Å². The molecule has 0 fully saturated rings. The Balaban J connectivity index is 1.86. The highest BCUT2D eigenvalue weighted by Gasteiger charge is 2.19. The number of fused-ring (bicyclic) bond motifs is 1. The number of carbonyl (C=O) groups excluding carboxylic acids is 2. The normalized spacial score (nSPS) is 13.4. The van der Waals surface area contributed by atoms with Gasteiger partial charge in [0, 0.05) is 5.56 Å². The van der Waals surface area contributed by atoms with Crippen LogP contribution in [-0.2, 0) is 4.79 Å². The van der Waals surface area contributed by atoms with E-state index < -0.39 is 29.0 Å². The molecular formula is C16H11F3N2O3. The topological polar surface area (TPSA) is 67.4 Å². The van der Waals surface area contributed by atoms with Crippen molar-refractivity contribution in [1.29, 1.82) is 0 Å². The van der Waals surface area contributed by atoms with E-state index in [9.17, 15) is 22.8 Å². The average Bonchev–Trinajstić information content (AvgIpc) is 2.75. The molecule has 0 bridgehead atoms. The number of nitrogens with one attached hydrogen (secondary N) is 2. The fourth-order valence-corrected chi connectivity index (χ4v) is 2.18. The maximum Gasteiger partial charge on any atom is 0.255 e. The first kappa shape index (κ1) is 15.9. The van der Waals surface area contributed by atoms with Crippen LogP contribution < -0.4 is 15.4 Å². The third-order valence-electron chi connectivity index (χ3n) is 3.39. The van der Waals surface area contributed by atoms with Crippen molar-refractivity contribution in [1.82, 2.24) is 0 Å². The zero-order valence-electron chi connectivity index (χ0n) is 12.2. The van der Waals surface area contributed by atoms with E-state index in [4.69, 9.17) is 4.74 Å². The molecule has 24 heavy (non-hydrogen) atoms. The number of benzene rings is 2. The molecule has 124 valence electrons. The van der Waals surface area contributed by atoms with Crippen LogP contribution in [0.3, 0.4) is 0 Å². The molecule has 2 aromatic rings. The molecule has 0 saturated carbocycles. The van der Waals surface area contributed by atoms with Gasteiger partial charge < -0.3 is 15.4 Å². The number of rotatable bonds is 2. The molecule has 2 amide bonds. The van der Waals surface area contributed by atoms with Crippen LogP contribution in [0.15, 0.2) is 30.3 Å². The Morgan fingerprint density at radius 3 is 2.71 bits per heavy atom. The second-order valence-corrected chi connectivity index (χ2v) is 5.03. The predicted octanol–water partition coefficient (Wildman–Crippen LogP) is 3.08. The lowest BCUT2D eigenvalue weighted by Gasteiger charge is -2.10. The van der Waals surface area contributed by atoms with Crippen molar-refractivity contribution in [2.45, 2.75) is 6.42 Å². The Bertz CT molecular complexity index is 840. The molecule has 8 heteroatoms. The smallest absolute Gasteiger partial charge is 0.255 e. The largest absolute Gasteiger partial charge is 0.491 e. The Morgan fingerprint density at radius 2 is 1.92 bits per heavy atom. The predicted molar refractivity (Wildman–Crippen MR) is 79.5 cm³/mol. The Kier molecular flexibility index (Phi) is 4.11. The van der Waals surface area contributed by atoms with Crippen LogP contribution in [0.4, 0.5) is 24.5 Å². The number of halogens is 3. The molecule has 1 aliphatic rings. The molecule has 0 aliphatic carbocycles. The van der Waals surface area contributed by atoms with Crippen LogP contribution >= 0.6 is 0 Å². The highest BCUT2D eigenvalue weighted by atomic mass is 19.2. The summed E-state index contributed by atoms with van der Waals surface area (Å²) in [6.07, 6.45) is 0.177. The van der Waals surface area contributed by atoms with E-state index in [1.807, 2.05) is 0 Å². The Labute approximate surface area is 134 Å². The highest BCUT2D eigenvalue weighted by molar-refractivity contribution is 6.06. The fourth-order valence-electron chi connectivity index (χ4n) is 2.18. The lowest BCUT2D eigenvalue weighted by atomic mass is 10.1. The third-order valence-corrected chi connectivity index (χ3v) is 3.39. The summed E-state index contributed by atoms with van der Waals surface area (Å²) < 4.78 is 45.1. The molecule has 3 rings (SSSR count). The lowest BCUT2D eigenvalue weighted by molar-refractivity contribution is -0.116. The van der Waals surface area contributed by atoms with E-state index >= 15 is 0 Å². The summed E-state index contributed by atoms with van der Waals surface area (Å²) >= 11 is 0. The van der Waals surface area contributed by atoms with Crippen molar-refractivity contribution in [2.24, 2.45) is 0 Å². The van der Waals surface area contributed by atoms with Crippen LogP contribution in [-0.4, -0.2) is 18.4 Å². The van der Waals surface area contributed by atoms with Gasteiger partial charge >= 0.3 is 0 Å². The zero-order valence-corrected chi connectivity index (χ0v) is 12.2. The molecule has 2 N–H and O–H groups in total. The van der Waals surface area contributed by atoms with E-state index in [0.717, 1.165) is 6.07 Å². The van der Waals surface area contributed by atoms with Crippen LogP contribution in [0.25, 0.3) is 0 Å². The van der Waals surface area contributed by atoms with Crippen molar-refractivity contribution in [3.05, 3.63) is 53.3 Å². The standard InChI is InChI=1S/C16H11F3N2O3/c17-9-2-3-10(15(19)14(9)18)21-16(23)8-1-4-12-11(7-8)20-13(22)5-6-24-12/h1-4,7H,5-6H2,(H,20,22)(H,21,23). The summed E-state index contributed by atoms with van der Waals surface area (Å²) in [6, 6.07) is 5.87. The molecule has 0 atom stereocenters. The first-order chi connectivity index (χ1) is 11.5. The monoisotopic (exact) mass is 336 g/mol. The number of hydrogen-bond acceptors (Lipinski definition) is 3. The molecule has 5 nitrogen and oxygen atoms in total. The van der Waals surface area contributed by atoms with Crippen LogP contribution in [0.1, 0.15) is 16.8 Å². The van der Waals surface area contributed by atoms with Crippen LogP contribution in [0, 0.1) is 17.5 Å². The summed E-state index contributed by atoms with van der Waals surface area (Å²) in [5.41, 5.74) is -0.103. The van der Waals surface area contributed by atoms with E-state index in [2.05, 4.69) is 10.6 Å². The van der Waals surface area contributed by atoms with Gasteiger partial charge in [0.15, 0.2) is 17.5 Å². The molecule has 0 unspecified atom stereocenters. The highest BCUT2D eigenvalue weighted by Crippen LogP contribution is 2.28. The average molecular weight is 336 g/mol. The van der Waals surface area contributed by atoms with E-state index in [1.165, 1.54) is 18.2 Å². The molecule has 0 spiro atoms. The van der Waals surface area contributed by atoms with Gasteiger partial charge in [-0.05, 0) is 30.3 Å². The number of anilines is 2. The summed E-state index contributed by atoms with van der Waals surface area (Å²) in [6.45, 7) is 0.213. The van der Waals surface area contributed by atoms with Crippen molar-refractivity contribution < 1.29 is 27.5 Å². The number of hydrogen-bond donors (Lipinski definition) is 2. The SMILES string of the molecule is O=C1CCOc2ccc(C(=O)Nc3ccc(F)c(F)c3F)cc2N1. The number of amides is 2. The maximum atomic E-state index is 13.6. The Morgan fingerprint density at radius 1 is 1.12 bits per heavy atom. The molecule has 1 heterocycles. The van der Waals surface area contributed by atoms with Gasteiger partial charge in [-0.3, -0.25) is 9.59 Å². The van der Waals surface area contributed by atoms with Gasteiger partial charge in [0.05, 0.1) is 24.4 Å². The van der Waals surface area contributed by atoms with E-state index in [-0.39, 0.29) is 24.5 Å². The summed E-state index contributed by atoms with van der Waals surface area (Å²) in [5, 5.41) is 4.74. The van der Waals surface area contributed by atoms with Crippen molar-refractivity contribution in [3.8, 4) is 5.75 Å². The molecule has 2 aromatic carbocycles. The number of ether oxygens (including phenoxy) is 1. The van der Waals surface area contributed by atoms with Gasteiger partial charge in [0.1, 0.15) is 5.75 Å². The first-order valence-electron chi connectivity index (χ1n) is 6.97. The van der Waals surface area contributed by atoms with Crippen LogP contribution in [0.2, 0.25) is 0 Å². The molecular weight excluding hydrogens is 325 g/mol. The van der Waals surface area contributed by atoms with Gasteiger partial charge in [-0.15, -0.1) is 0 Å². The fraction of sp³-hybridized carbons (Fsp3) is 0.125. The maximum absolute atomic E-state index is 13.6. The van der Waals surface area contributed by atoms with E-state index in [1.54, 1.807) is 0 Å². The minimum Gasteiger partial charge on any atom is -0.491 e. The van der Waals surface area contributed by atoms with Gasteiger partial charge in [0.25, 0.3) is 5.91 Å². The Hall–Kier alpha value is -3.03. The van der Waals surface area contributed by atoms with E-state index in [0.29, 0.717) is 17.5 Å². The lowest BCUT2D eigenvalue weighted by Crippen LogP contribution is -2.15. The van der Waals surface area contributed by atoms with Gasteiger partial charge in [0.2, 0.25) is 5.91 Å². The third kappa shape index (κ3) is 3.03. The minimum absolute atomic E-state index is 0.0867. The molecule has 0 saturated heterocycles. The first-order valence-corrected chi connectivity index (χ1v) is 6.97. The van der Waals surface area contributed by atoms with Crippen molar-refractivity contribution >= 4 is 23.2 Å². The van der Waals surface area contributed by atoms with Gasteiger partial charge in [-0.25, -0.2) is 13.2 Å². The second kappa shape index (κ2) is 6.23.